The summed E-state index contributed by atoms with van der Waals surface area (Å²) in [5.74, 6) is 0. The predicted molar refractivity (Wildman–Crippen MR) is 85.7 cm³/mol. The molecule has 1 aromatic carbocycles. The molecule has 1 N–H and O–H groups in total. The van der Waals surface area contributed by atoms with Crippen molar-refractivity contribution in [3.05, 3.63) is 28.8 Å². The second-order valence-electron chi connectivity index (χ2n) is 5.24. The van der Waals surface area contributed by atoms with Gasteiger partial charge in [0.05, 0.1) is 16.8 Å². The summed E-state index contributed by atoms with van der Waals surface area (Å²) in [4.78, 5) is 2.31. The van der Waals surface area contributed by atoms with Gasteiger partial charge in [-0.15, -0.1) is 0 Å². The zero-order valence-corrected chi connectivity index (χ0v) is 13.2. The van der Waals surface area contributed by atoms with Crippen LogP contribution in [0.15, 0.2) is 18.2 Å². The second-order valence-corrected chi connectivity index (χ2v) is 5.65. The second kappa shape index (κ2) is 7.87. The first kappa shape index (κ1) is 15.6. The molecular formula is C16H25ClN2O. The van der Waals surface area contributed by atoms with Crippen molar-refractivity contribution in [2.75, 3.05) is 31.1 Å². The molecule has 1 aliphatic heterocycles. The van der Waals surface area contributed by atoms with Crippen molar-refractivity contribution in [3.8, 4) is 0 Å². The molecule has 0 bridgehead atoms. The Bertz CT molecular complexity index is 419. The van der Waals surface area contributed by atoms with Crippen LogP contribution in [-0.2, 0) is 11.3 Å². The number of ether oxygens (including phenoxy) is 1. The molecule has 3 nitrogen and oxygen atoms in total. The summed E-state index contributed by atoms with van der Waals surface area (Å²) in [6, 6.07) is 6.35. The maximum absolute atomic E-state index is 6.46. The normalized spacial score (nSPS) is 18.4. The summed E-state index contributed by atoms with van der Waals surface area (Å²) in [5, 5.41) is 4.15. The van der Waals surface area contributed by atoms with E-state index in [1.165, 1.54) is 12.0 Å². The standard InChI is InChI=1S/C16H25ClN2O/c1-3-18-11-13-7-8-16(15(17)10-13)19(4-2)12-14-6-5-9-20-14/h7-8,10,14,18H,3-6,9,11-12H2,1-2H3. The quantitative estimate of drug-likeness (QED) is 0.834. The van der Waals surface area contributed by atoms with Crippen LogP contribution in [0.5, 0.6) is 0 Å². The van der Waals surface area contributed by atoms with Crippen LogP contribution in [-0.4, -0.2) is 32.3 Å². The lowest BCUT2D eigenvalue weighted by molar-refractivity contribution is 0.115. The smallest absolute Gasteiger partial charge is 0.0750 e. The third-order valence-corrected chi connectivity index (χ3v) is 4.06. The number of halogens is 1. The van der Waals surface area contributed by atoms with Crippen molar-refractivity contribution in [2.24, 2.45) is 0 Å². The molecule has 2 rings (SSSR count). The van der Waals surface area contributed by atoms with Crippen LogP contribution in [0.3, 0.4) is 0 Å². The molecule has 0 saturated carbocycles. The van der Waals surface area contributed by atoms with E-state index < -0.39 is 0 Å². The van der Waals surface area contributed by atoms with E-state index in [1.807, 2.05) is 0 Å². The summed E-state index contributed by atoms with van der Waals surface area (Å²) in [6.07, 6.45) is 2.69. The number of hydrogen-bond donors (Lipinski definition) is 1. The molecule has 0 amide bonds. The molecule has 1 aliphatic rings. The average molecular weight is 297 g/mol. The number of rotatable bonds is 7. The molecule has 20 heavy (non-hydrogen) atoms. The van der Waals surface area contributed by atoms with Crippen molar-refractivity contribution in [1.29, 1.82) is 0 Å². The van der Waals surface area contributed by atoms with Gasteiger partial charge in [0, 0.05) is 26.2 Å². The lowest BCUT2D eigenvalue weighted by atomic mass is 10.1. The molecule has 1 heterocycles. The number of nitrogens with one attached hydrogen (secondary N) is 1. The molecule has 0 aromatic heterocycles. The Balaban J connectivity index is 2.04. The van der Waals surface area contributed by atoms with Gasteiger partial charge in [-0.3, -0.25) is 0 Å². The van der Waals surface area contributed by atoms with Gasteiger partial charge in [-0.1, -0.05) is 24.6 Å². The van der Waals surface area contributed by atoms with Crippen molar-refractivity contribution >= 4 is 17.3 Å². The monoisotopic (exact) mass is 296 g/mol. The number of nitrogens with zero attached hydrogens (tertiary/aromatic N) is 1. The molecule has 1 saturated heterocycles. The van der Waals surface area contributed by atoms with Gasteiger partial charge >= 0.3 is 0 Å². The van der Waals surface area contributed by atoms with Gasteiger partial charge < -0.3 is 15.0 Å². The van der Waals surface area contributed by atoms with E-state index in [0.717, 1.165) is 49.9 Å². The molecule has 1 fully saturated rings. The fourth-order valence-corrected chi connectivity index (χ4v) is 2.94. The maximum atomic E-state index is 6.46. The van der Waals surface area contributed by atoms with Crippen LogP contribution in [0.25, 0.3) is 0 Å². The Morgan fingerprint density at radius 2 is 2.25 bits per heavy atom. The summed E-state index contributed by atoms with van der Waals surface area (Å²) in [5.41, 5.74) is 2.35. The van der Waals surface area contributed by atoms with Crippen molar-refractivity contribution in [2.45, 2.75) is 39.3 Å². The largest absolute Gasteiger partial charge is 0.376 e. The first-order valence-electron chi connectivity index (χ1n) is 7.60. The highest BCUT2D eigenvalue weighted by molar-refractivity contribution is 6.33. The average Bonchev–Trinajstić information content (AvgIpc) is 2.96. The fourth-order valence-electron chi connectivity index (χ4n) is 2.62. The molecule has 0 aliphatic carbocycles. The molecule has 4 heteroatoms. The topological polar surface area (TPSA) is 24.5 Å². The van der Waals surface area contributed by atoms with Crippen LogP contribution < -0.4 is 10.2 Å². The minimum Gasteiger partial charge on any atom is -0.376 e. The zero-order valence-electron chi connectivity index (χ0n) is 12.5. The summed E-state index contributed by atoms with van der Waals surface area (Å²) in [6.45, 7) is 8.90. The number of anilines is 1. The van der Waals surface area contributed by atoms with Gasteiger partial charge in [0.1, 0.15) is 0 Å². The Kier molecular flexibility index (Phi) is 6.14. The lowest BCUT2D eigenvalue weighted by Gasteiger charge is -2.27. The van der Waals surface area contributed by atoms with Crippen LogP contribution >= 0.6 is 11.6 Å². The highest BCUT2D eigenvalue weighted by atomic mass is 35.5. The van der Waals surface area contributed by atoms with E-state index in [0.29, 0.717) is 6.10 Å². The van der Waals surface area contributed by atoms with Gasteiger partial charge in [-0.2, -0.15) is 0 Å². The molecule has 0 spiro atoms. The van der Waals surface area contributed by atoms with Crippen molar-refractivity contribution in [1.82, 2.24) is 5.32 Å². The van der Waals surface area contributed by atoms with Gasteiger partial charge in [0.2, 0.25) is 0 Å². The number of likely N-dealkylation sites (N-methyl/N-ethyl adjacent to an activating group) is 1. The maximum Gasteiger partial charge on any atom is 0.0750 e. The highest BCUT2D eigenvalue weighted by Gasteiger charge is 2.19. The first-order valence-corrected chi connectivity index (χ1v) is 7.98. The molecule has 1 aromatic rings. The van der Waals surface area contributed by atoms with Gasteiger partial charge in [0.15, 0.2) is 0 Å². The van der Waals surface area contributed by atoms with Crippen molar-refractivity contribution in [3.63, 3.8) is 0 Å². The Hall–Kier alpha value is -0.770. The Labute approximate surface area is 127 Å². The summed E-state index contributed by atoms with van der Waals surface area (Å²) < 4.78 is 5.73. The van der Waals surface area contributed by atoms with Crippen LogP contribution in [0, 0.1) is 0 Å². The minimum absolute atomic E-state index is 0.354. The van der Waals surface area contributed by atoms with E-state index in [-0.39, 0.29) is 0 Å². The highest BCUT2D eigenvalue weighted by Crippen LogP contribution is 2.28. The first-order chi connectivity index (χ1) is 9.74. The van der Waals surface area contributed by atoms with E-state index in [2.05, 4.69) is 42.3 Å². The van der Waals surface area contributed by atoms with Crippen LogP contribution in [0.2, 0.25) is 5.02 Å². The number of hydrogen-bond acceptors (Lipinski definition) is 3. The minimum atomic E-state index is 0.354. The van der Waals surface area contributed by atoms with Crippen molar-refractivity contribution < 1.29 is 4.74 Å². The van der Waals surface area contributed by atoms with Crippen LogP contribution in [0.1, 0.15) is 32.3 Å². The molecule has 1 unspecified atom stereocenters. The van der Waals surface area contributed by atoms with E-state index in [9.17, 15) is 0 Å². The number of benzene rings is 1. The van der Waals surface area contributed by atoms with Gasteiger partial charge in [-0.25, -0.2) is 0 Å². The van der Waals surface area contributed by atoms with E-state index in [4.69, 9.17) is 16.3 Å². The van der Waals surface area contributed by atoms with Gasteiger partial charge in [-0.05, 0) is 44.0 Å². The summed E-state index contributed by atoms with van der Waals surface area (Å²) >= 11 is 6.46. The molecule has 112 valence electrons. The lowest BCUT2D eigenvalue weighted by Crippen LogP contribution is -2.32. The Morgan fingerprint density at radius 3 is 2.85 bits per heavy atom. The molecular weight excluding hydrogens is 272 g/mol. The van der Waals surface area contributed by atoms with E-state index in [1.54, 1.807) is 0 Å². The molecule has 1 atom stereocenters. The third-order valence-electron chi connectivity index (χ3n) is 3.76. The Morgan fingerprint density at radius 1 is 1.40 bits per heavy atom. The fraction of sp³-hybridized carbons (Fsp3) is 0.625. The third kappa shape index (κ3) is 4.11. The molecule has 0 radical (unpaired) electrons. The summed E-state index contributed by atoms with van der Waals surface area (Å²) in [7, 11) is 0. The van der Waals surface area contributed by atoms with Crippen LogP contribution in [0.4, 0.5) is 5.69 Å². The van der Waals surface area contributed by atoms with E-state index >= 15 is 0 Å². The van der Waals surface area contributed by atoms with Gasteiger partial charge in [0.25, 0.3) is 0 Å². The zero-order chi connectivity index (χ0) is 14.4. The predicted octanol–water partition coefficient (Wildman–Crippen LogP) is 3.45. The SMILES string of the molecule is CCNCc1ccc(N(CC)CC2CCCO2)c(Cl)c1.